The van der Waals surface area contributed by atoms with Crippen molar-refractivity contribution < 1.29 is 17.9 Å². The molecule has 1 fully saturated rings. The summed E-state index contributed by atoms with van der Waals surface area (Å²) in [5.41, 5.74) is 1.01. The molecule has 0 aromatic heterocycles. The van der Waals surface area contributed by atoms with Gasteiger partial charge in [0.15, 0.2) is 0 Å². The van der Waals surface area contributed by atoms with E-state index in [2.05, 4.69) is 5.32 Å². The topological polar surface area (TPSA) is 75.7 Å². The average Bonchev–Trinajstić information content (AvgIpc) is 2.55. The summed E-state index contributed by atoms with van der Waals surface area (Å²) in [7, 11) is -1.97. The molecule has 7 heteroatoms. The number of piperidine rings is 1. The summed E-state index contributed by atoms with van der Waals surface area (Å²) in [5.74, 6) is -0.429. The van der Waals surface area contributed by atoms with Crippen LogP contribution in [0.5, 0.6) is 0 Å². The van der Waals surface area contributed by atoms with Crippen LogP contribution in [0.25, 0.3) is 0 Å². The van der Waals surface area contributed by atoms with Gasteiger partial charge in [0.1, 0.15) is 0 Å². The van der Waals surface area contributed by atoms with Gasteiger partial charge in [0.25, 0.3) is 0 Å². The van der Waals surface area contributed by atoms with Crippen molar-refractivity contribution >= 4 is 15.9 Å². The Bertz CT molecular complexity index is 658. The predicted octanol–water partition coefficient (Wildman–Crippen LogP) is 1.55. The third-order valence-corrected chi connectivity index (χ3v) is 6.10. The highest BCUT2D eigenvalue weighted by atomic mass is 32.2. The molecule has 1 aliphatic rings. The Hall–Kier alpha value is -1.44. The van der Waals surface area contributed by atoms with Gasteiger partial charge in [-0.05, 0) is 38.8 Å². The van der Waals surface area contributed by atoms with Crippen molar-refractivity contribution in [2.75, 3.05) is 26.8 Å². The van der Waals surface area contributed by atoms with Gasteiger partial charge in [-0.2, -0.15) is 4.31 Å². The Morgan fingerprint density at radius 1 is 1.38 bits per heavy atom. The van der Waals surface area contributed by atoms with Crippen molar-refractivity contribution in [3.8, 4) is 0 Å². The molecule has 134 valence electrons. The minimum absolute atomic E-state index is 0.0911. The summed E-state index contributed by atoms with van der Waals surface area (Å²) in [5, 5.41) is 2.88. The predicted molar refractivity (Wildman–Crippen MR) is 92.1 cm³/mol. The number of ether oxygens (including phenoxy) is 1. The number of carbonyl (C=O) groups is 1. The van der Waals surface area contributed by atoms with Gasteiger partial charge in [-0.25, -0.2) is 8.42 Å². The molecule has 1 aromatic carbocycles. The molecule has 0 spiro atoms. The van der Waals surface area contributed by atoms with Crippen LogP contribution in [0.2, 0.25) is 0 Å². The van der Waals surface area contributed by atoms with E-state index in [9.17, 15) is 13.2 Å². The van der Waals surface area contributed by atoms with Crippen LogP contribution in [0.1, 0.15) is 25.3 Å². The summed E-state index contributed by atoms with van der Waals surface area (Å²) >= 11 is 0. The molecule has 6 nitrogen and oxygen atoms in total. The number of hydrogen-bond acceptors (Lipinski definition) is 4. The van der Waals surface area contributed by atoms with E-state index in [4.69, 9.17) is 4.74 Å². The van der Waals surface area contributed by atoms with Crippen LogP contribution in [-0.4, -0.2) is 51.5 Å². The highest BCUT2D eigenvalue weighted by Gasteiger charge is 2.33. The lowest BCUT2D eigenvalue weighted by Gasteiger charge is -2.31. The van der Waals surface area contributed by atoms with Gasteiger partial charge in [-0.15, -0.1) is 0 Å². The van der Waals surface area contributed by atoms with Crippen LogP contribution in [0.4, 0.5) is 0 Å². The molecule has 0 bridgehead atoms. The first-order valence-electron chi connectivity index (χ1n) is 8.20. The van der Waals surface area contributed by atoms with Gasteiger partial charge < -0.3 is 10.1 Å². The van der Waals surface area contributed by atoms with E-state index in [1.165, 1.54) is 4.31 Å². The Balaban J connectivity index is 2.07. The van der Waals surface area contributed by atoms with Crippen molar-refractivity contribution in [1.29, 1.82) is 0 Å². The maximum absolute atomic E-state index is 12.8. The van der Waals surface area contributed by atoms with E-state index in [1.807, 2.05) is 13.8 Å². The van der Waals surface area contributed by atoms with Crippen LogP contribution >= 0.6 is 0 Å². The number of methoxy groups -OCH3 is 1. The second-order valence-corrected chi connectivity index (χ2v) is 8.32. The highest BCUT2D eigenvalue weighted by molar-refractivity contribution is 7.89. The van der Waals surface area contributed by atoms with Crippen LogP contribution in [0, 0.1) is 12.8 Å². The van der Waals surface area contributed by atoms with Gasteiger partial charge in [0.05, 0.1) is 17.4 Å². The number of nitrogens with one attached hydrogen (secondary N) is 1. The highest BCUT2D eigenvalue weighted by Crippen LogP contribution is 2.24. The number of sulfonamides is 1. The fraction of sp³-hybridized carbons (Fsp3) is 0.588. The number of benzene rings is 1. The SMILES string of the molecule is COC[C@H](C)NC(=O)[C@@H]1CCCN(S(=O)(=O)c2ccc(C)cc2)C1. The zero-order valence-corrected chi connectivity index (χ0v) is 15.3. The summed E-state index contributed by atoms with van der Waals surface area (Å²) < 4.78 is 32.0. The third kappa shape index (κ3) is 4.55. The van der Waals surface area contributed by atoms with Gasteiger partial charge in [-0.3, -0.25) is 4.79 Å². The van der Waals surface area contributed by atoms with Crippen molar-refractivity contribution in [2.45, 2.75) is 37.6 Å². The van der Waals surface area contributed by atoms with E-state index >= 15 is 0 Å². The van der Waals surface area contributed by atoms with Gasteiger partial charge in [0, 0.05) is 26.2 Å². The molecular weight excluding hydrogens is 328 g/mol. The van der Waals surface area contributed by atoms with Crippen LogP contribution in [0.3, 0.4) is 0 Å². The average molecular weight is 354 g/mol. The lowest BCUT2D eigenvalue weighted by Crippen LogP contribution is -2.47. The fourth-order valence-electron chi connectivity index (χ4n) is 2.89. The molecule has 1 N–H and O–H groups in total. The van der Waals surface area contributed by atoms with Gasteiger partial charge >= 0.3 is 0 Å². The lowest BCUT2D eigenvalue weighted by molar-refractivity contribution is -0.127. The Labute approximate surface area is 144 Å². The van der Waals surface area contributed by atoms with E-state index in [0.29, 0.717) is 26.0 Å². The molecule has 24 heavy (non-hydrogen) atoms. The first kappa shape index (κ1) is 18.9. The zero-order chi connectivity index (χ0) is 17.7. The van der Waals surface area contributed by atoms with Crippen molar-refractivity contribution in [3.05, 3.63) is 29.8 Å². The Morgan fingerprint density at radius 2 is 2.04 bits per heavy atom. The van der Waals surface area contributed by atoms with Crippen LogP contribution in [0.15, 0.2) is 29.2 Å². The fourth-order valence-corrected chi connectivity index (χ4v) is 4.41. The molecule has 1 aliphatic heterocycles. The van der Waals surface area contributed by atoms with Crippen molar-refractivity contribution in [1.82, 2.24) is 9.62 Å². The molecule has 0 aliphatic carbocycles. The largest absolute Gasteiger partial charge is 0.383 e. The summed E-state index contributed by atoms with van der Waals surface area (Å²) in [6.45, 7) is 4.89. The summed E-state index contributed by atoms with van der Waals surface area (Å²) in [6, 6.07) is 6.72. The van der Waals surface area contributed by atoms with Crippen molar-refractivity contribution in [2.24, 2.45) is 5.92 Å². The lowest BCUT2D eigenvalue weighted by atomic mass is 9.98. The Morgan fingerprint density at radius 3 is 2.67 bits per heavy atom. The first-order chi connectivity index (χ1) is 11.3. The smallest absolute Gasteiger partial charge is 0.243 e. The molecule has 1 amide bonds. The van der Waals surface area contributed by atoms with E-state index in [0.717, 1.165) is 5.56 Å². The van der Waals surface area contributed by atoms with E-state index < -0.39 is 10.0 Å². The second kappa shape index (κ2) is 8.09. The standard InChI is InChI=1S/C17H26N2O4S/c1-13-6-8-16(9-7-13)24(21,22)19-10-4-5-15(11-19)17(20)18-14(2)12-23-3/h6-9,14-15H,4-5,10-12H2,1-3H3,(H,18,20)/t14-,15+/m0/s1. The van der Waals surface area contributed by atoms with Crippen molar-refractivity contribution in [3.63, 3.8) is 0 Å². The van der Waals surface area contributed by atoms with E-state index in [1.54, 1.807) is 31.4 Å². The quantitative estimate of drug-likeness (QED) is 0.841. The number of rotatable bonds is 6. The maximum atomic E-state index is 12.8. The van der Waals surface area contributed by atoms with Gasteiger partial charge in [-0.1, -0.05) is 17.7 Å². The number of carbonyl (C=O) groups excluding carboxylic acids is 1. The summed E-state index contributed by atoms with van der Waals surface area (Å²) in [6.07, 6.45) is 1.38. The van der Waals surface area contributed by atoms with Crippen LogP contribution in [-0.2, 0) is 19.6 Å². The molecule has 2 atom stereocenters. The summed E-state index contributed by atoms with van der Waals surface area (Å²) in [4.78, 5) is 12.6. The first-order valence-corrected chi connectivity index (χ1v) is 9.64. The van der Waals surface area contributed by atoms with Gasteiger partial charge in [0.2, 0.25) is 15.9 Å². The molecule has 0 unspecified atom stereocenters. The molecular formula is C17H26N2O4S. The third-order valence-electron chi connectivity index (χ3n) is 4.22. The molecule has 0 saturated carbocycles. The normalized spacial score (nSPS) is 20.5. The molecule has 2 rings (SSSR count). The Kier molecular flexibility index (Phi) is 6.37. The zero-order valence-electron chi connectivity index (χ0n) is 14.5. The molecule has 1 saturated heterocycles. The van der Waals surface area contributed by atoms with E-state index in [-0.39, 0.29) is 29.3 Å². The number of nitrogens with zero attached hydrogens (tertiary/aromatic N) is 1. The molecule has 1 heterocycles. The monoisotopic (exact) mass is 354 g/mol. The second-order valence-electron chi connectivity index (χ2n) is 6.38. The molecule has 1 aromatic rings. The number of amides is 1. The number of hydrogen-bond donors (Lipinski definition) is 1. The number of aryl methyl sites for hydroxylation is 1. The minimum atomic E-state index is -3.56. The maximum Gasteiger partial charge on any atom is 0.243 e. The van der Waals surface area contributed by atoms with Crippen LogP contribution < -0.4 is 5.32 Å². The molecule has 0 radical (unpaired) electrons. The minimum Gasteiger partial charge on any atom is -0.383 e.